The summed E-state index contributed by atoms with van der Waals surface area (Å²) in [5, 5.41) is 5.70. The molecule has 0 fully saturated rings. The number of ether oxygens (including phenoxy) is 1. The Labute approximate surface area is 166 Å². The second kappa shape index (κ2) is 8.04. The van der Waals surface area contributed by atoms with Gasteiger partial charge in [-0.3, -0.25) is 4.79 Å². The van der Waals surface area contributed by atoms with Gasteiger partial charge in [0.25, 0.3) is 0 Å². The zero-order chi connectivity index (χ0) is 21.2. The number of carbonyl (C=O) groups is 3. The molecule has 0 saturated carbocycles. The van der Waals surface area contributed by atoms with Crippen LogP contribution in [0.5, 0.6) is 0 Å². The van der Waals surface area contributed by atoms with Crippen LogP contribution in [0.15, 0.2) is 35.5 Å². The molecule has 0 saturated heterocycles. The molecule has 2 N–H and O–H groups in total. The van der Waals surface area contributed by atoms with Gasteiger partial charge in [0.05, 0.1) is 17.7 Å². The van der Waals surface area contributed by atoms with E-state index in [1.165, 1.54) is 4.90 Å². The highest BCUT2D eigenvalue weighted by Gasteiger charge is 2.35. The van der Waals surface area contributed by atoms with Gasteiger partial charge in [-0.2, -0.15) is 0 Å². The number of carbonyl (C=O) groups excluding carboxylic acids is 3. The SMILES string of the molecule is CC1=C(C(=O)OC(C)C)[C@H](c2ccc(NC(=O)C(C)(C)C)cc2)NC(=O)N1C. The van der Waals surface area contributed by atoms with Crippen molar-refractivity contribution in [2.24, 2.45) is 5.41 Å². The normalized spacial score (nSPS) is 17.5. The van der Waals surface area contributed by atoms with Crippen LogP contribution in [-0.4, -0.2) is 36.0 Å². The van der Waals surface area contributed by atoms with Crippen molar-refractivity contribution in [2.45, 2.75) is 53.7 Å². The van der Waals surface area contributed by atoms with Crippen LogP contribution in [0.2, 0.25) is 0 Å². The fraction of sp³-hybridized carbons (Fsp3) is 0.476. The maximum atomic E-state index is 12.7. The van der Waals surface area contributed by atoms with Crippen LogP contribution < -0.4 is 10.6 Å². The molecule has 0 bridgehead atoms. The zero-order valence-corrected chi connectivity index (χ0v) is 17.5. The summed E-state index contributed by atoms with van der Waals surface area (Å²) < 4.78 is 5.38. The Hall–Kier alpha value is -2.83. The number of urea groups is 1. The summed E-state index contributed by atoms with van der Waals surface area (Å²) in [5.74, 6) is -0.556. The van der Waals surface area contributed by atoms with Gasteiger partial charge in [0.15, 0.2) is 0 Å². The summed E-state index contributed by atoms with van der Waals surface area (Å²) in [6.07, 6.45) is -0.272. The Morgan fingerprint density at radius 2 is 1.75 bits per heavy atom. The molecule has 2 rings (SSSR count). The Balaban J connectivity index is 2.34. The lowest BCUT2D eigenvalue weighted by molar-refractivity contribution is -0.143. The summed E-state index contributed by atoms with van der Waals surface area (Å²) in [5.41, 5.74) is 1.81. The number of amides is 3. The van der Waals surface area contributed by atoms with E-state index in [1.807, 2.05) is 20.8 Å². The zero-order valence-electron chi connectivity index (χ0n) is 17.5. The van der Waals surface area contributed by atoms with E-state index in [2.05, 4.69) is 10.6 Å². The van der Waals surface area contributed by atoms with Crippen molar-refractivity contribution in [2.75, 3.05) is 12.4 Å². The molecule has 0 unspecified atom stereocenters. The first-order valence-corrected chi connectivity index (χ1v) is 9.29. The highest BCUT2D eigenvalue weighted by atomic mass is 16.5. The first kappa shape index (κ1) is 21.5. The number of hydrogen-bond acceptors (Lipinski definition) is 4. The number of esters is 1. The lowest BCUT2D eigenvalue weighted by atomic mass is 9.94. The molecule has 152 valence electrons. The Morgan fingerprint density at radius 1 is 1.18 bits per heavy atom. The number of rotatable bonds is 4. The molecule has 0 radical (unpaired) electrons. The van der Waals surface area contributed by atoms with Crippen LogP contribution in [0.25, 0.3) is 0 Å². The standard InChI is InChI=1S/C21H29N3O4/c1-12(2)28-18(25)16-13(3)24(7)20(27)23-17(16)14-8-10-15(11-9-14)22-19(26)21(4,5)6/h8-12,17H,1-7H3,(H,22,26)(H,23,27)/t17-/m0/s1. The molecule has 0 aromatic heterocycles. The van der Waals surface area contributed by atoms with E-state index >= 15 is 0 Å². The average molecular weight is 387 g/mol. The van der Waals surface area contributed by atoms with E-state index in [4.69, 9.17) is 4.74 Å². The second-order valence-corrected chi connectivity index (χ2v) is 8.22. The lowest BCUT2D eigenvalue weighted by Crippen LogP contribution is -2.46. The summed E-state index contributed by atoms with van der Waals surface area (Å²) in [7, 11) is 1.61. The monoisotopic (exact) mass is 387 g/mol. The minimum absolute atomic E-state index is 0.0928. The van der Waals surface area contributed by atoms with Gasteiger partial charge in [-0.15, -0.1) is 0 Å². The third-order valence-corrected chi connectivity index (χ3v) is 4.50. The summed E-state index contributed by atoms with van der Waals surface area (Å²) in [4.78, 5) is 38.5. The maximum absolute atomic E-state index is 12.7. The van der Waals surface area contributed by atoms with Crippen molar-refractivity contribution in [3.8, 4) is 0 Å². The van der Waals surface area contributed by atoms with Crippen LogP contribution in [0, 0.1) is 5.41 Å². The molecule has 1 aromatic rings. The summed E-state index contributed by atoms with van der Waals surface area (Å²) in [6, 6.07) is 6.15. The predicted octanol–water partition coefficient (Wildman–Crippen LogP) is 3.59. The second-order valence-electron chi connectivity index (χ2n) is 8.22. The molecule has 1 aliphatic heterocycles. The molecular weight excluding hydrogens is 358 g/mol. The van der Waals surface area contributed by atoms with Gasteiger partial charge >= 0.3 is 12.0 Å². The van der Waals surface area contributed by atoms with E-state index in [0.717, 1.165) is 5.56 Å². The van der Waals surface area contributed by atoms with Crippen molar-refractivity contribution < 1.29 is 19.1 Å². The minimum atomic E-state index is -0.623. The first-order valence-electron chi connectivity index (χ1n) is 9.29. The molecule has 0 aliphatic carbocycles. The Bertz CT molecular complexity index is 804. The van der Waals surface area contributed by atoms with Crippen LogP contribution in [0.3, 0.4) is 0 Å². The molecule has 7 heteroatoms. The third-order valence-electron chi connectivity index (χ3n) is 4.50. The fourth-order valence-electron chi connectivity index (χ4n) is 2.70. The lowest BCUT2D eigenvalue weighted by Gasteiger charge is -2.33. The highest BCUT2D eigenvalue weighted by Crippen LogP contribution is 2.31. The minimum Gasteiger partial charge on any atom is -0.459 e. The number of nitrogens with one attached hydrogen (secondary N) is 2. The van der Waals surface area contributed by atoms with Gasteiger partial charge in [0.2, 0.25) is 5.91 Å². The number of nitrogens with zero attached hydrogens (tertiary/aromatic N) is 1. The Kier molecular flexibility index (Phi) is 6.17. The molecule has 1 aliphatic rings. The summed E-state index contributed by atoms with van der Waals surface area (Å²) in [6.45, 7) is 10.8. The Morgan fingerprint density at radius 3 is 2.25 bits per heavy atom. The quantitative estimate of drug-likeness (QED) is 0.773. The fourth-order valence-corrected chi connectivity index (χ4v) is 2.70. The van der Waals surface area contributed by atoms with Crippen molar-refractivity contribution in [3.05, 3.63) is 41.1 Å². The predicted molar refractivity (Wildman–Crippen MR) is 107 cm³/mol. The number of benzene rings is 1. The van der Waals surface area contributed by atoms with Gasteiger partial charge in [0, 0.05) is 23.8 Å². The smallest absolute Gasteiger partial charge is 0.338 e. The van der Waals surface area contributed by atoms with Gasteiger partial charge < -0.3 is 20.3 Å². The highest BCUT2D eigenvalue weighted by molar-refractivity contribution is 5.96. The molecule has 7 nitrogen and oxygen atoms in total. The average Bonchev–Trinajstić information content (AvgIpc) is 2.58. The molecule has 0 spiro atoms. The van der Waals surface area contributed by atoms with E-state index < -0.39 is 17.4 Å². The van der Waals surface area contributed by atoms with Gasteiger partial charge in [0.1, 0.15) is 0 Å². The van der Waals surface area contributed by atoms with Crippen molar-refractivity contribution >= 4 is 23.6 Å². The van der Waals surface area contributed by atoms with Crippen LogP contribution in [0.4, 0.5) is 10.5 Å². The van der Waals surface area contributed by atoms with Crippen molar-refractivity contribution in [1.82, 2.24) is 10.2 Å². The van der Waals surface area contributed by atoms with Gasteiger partial charge in [-0.1, -0.05) is 32.9 Å². The number of allylic oxidation sites excluding steroid dienone is 1. The molecule has 1 aromatic carbocycles. The topological polar surface area (TPSA) is 87.7 Å². The van der Waals surface area contributed by atoms with E-state index in [-0.39, 0.29) is 18.0 Å². The van der Waals surface area contributed by atoms with Crippen LogP contribution >= 0.6 is 0 Å². The molecule has 1 heterocycles. The first-order chi connectivity index (χ1) is 12.9. The van der Waals surface area contributed by atoms with Crippen LogP contribution in [0.1, 0.15) is 53.1 Å². The molecular formula is C21H29N3O4. The molecule has 28 heavy (non-hydrogen) atoms. The molecule has 3 amide bonds. The van der Waals surface area contributed by atoms with E-state index in [9.17, 15) is 14.4 Å². The van der Waals surface area contributed by atoms with E-state index in [1.54, 1.807) is 52.1 Å². The van der Waals surface area contributed by atoms with Gasteiger partial charge in [-0.25, -0.2) is 9.59 Å². The number of anilines is 1. The van der Waals surface area contributed by atoms with Crippen molar-refractivity contribution in [3.63, 3.8) is 0 Å². The van der Waals surface area contributed by atoms with Gasteiger partial charge in [-0.05, 0) is 38.5 Å². The summed E-state index contributed by atoms with van der Waals surface area (Å²) >= 11 is 0. The number of hydrogen-bond donors (Lipinski definition) is 2. The van der Waals surface area contributed by atoms with Crippen LogP contribution in [-0.2, 0) is 14.3 Å². The maximum Gasteiger partial charge on any atom is 0.338 e. The molecule has 1 atom stereocenters. The third kappa shape index (κ3) is 4.71. The largest absolute Gasteiger partial charge is 0.459 e. The van der Waals surface area contributed by atoms with E-state index in [0.29, 0.717) is 17.0 Å². The van der Waals surface area contributed by atoms with Crippen molar-refractivity contribution in [1.29, 1.82) is 0 Å².